The van der Waals surface area contributed by atoms with Crippen LogP contribution in [-0.2, 0) is 4.79 Å². The van der Waals surface area contributed by atoms with Crippen LogP contribution in [0.4, 0.5) is 5.69 Å². The Labute approximate surface area is 162 Å². The number of thiocarbonyl (C=S) groups is 1. The van der Waals surface area contributed by atoms with Crippen molar-refractivity contribution in [3.8, 4) is 0 Å². The van der Waals surface area contributed by atoms with Gasteiger partial charge in [0.05, 0.1) is 6.54 Å². The molecule has 0 atom stereocenters. The van der Waals surface area contributed by atoms with Gasteiger partial charge in [0, 0.05) is 24.8 Å². The first-order chi connectivity index (χ1) is 12.7. The van der Waals surface area contributed by atoms with Crippen molar-refractivity contribution in [2.75, 3.05) is 18.5 Å². The van der Waals surface area contributed by atoms with Gasteiger partial charge in [-0.15, -0.1) is 0 Å². The zero-order valence-corrected chi connectivity index (χ0v) is 16.6. The van der Waals surface area contributed by atoms with Crippen LogP contribution < -0.4 is 10.2 Å². The summed E-state index contributed by atoms with van der Waals surface area (Å²) in [6, 6.07) is 10.9. The number of rotatable bonds is 5. The molecule has 1 N–H and O–H groups in total. The highest BCUT2D eigenvalue weighted by atomic mass is 32.1. The molecule has 4 nitrogen and oxygen atoms in total. The number of nitrogens with one attached hydrogen (secondary N) is 1. The maximum Gasteiger partial charge on any atom is 0.246 e. The summed E-state index contributed by atoms with van der Waals surface area (Å²) in [6.07, 6.45) is 10.6. The molecule has 0 heterocycles. The van der Waals surface area contributed by atoms with Crippen LogP contribution in [0.1, 0.15) is 57.8 Å². The van der Waals surface area contributed by atoms with Gasteiger partial charge in [-0.1, -0.05) is 50.3 Å². The summed E-state index contributed by atoms with van der Waals surface area (Å²) in [6.45, 7) is 0.371. The highest BCUT2D eigenvalue weighted by Gasteiger charge is 2.31. The minimum atomic E-state index is 0.174. The molecule has 2 saturated carbocycles. The lowest BCUT2D eigenvalue weighted by Crippen LogP contribution is -2.52. The third-order valence-corrected chi connectivity index (χ3v) is 6.23. The van der Waals surface area contributed by atoms with Crippen molar-refractivity contribution in [2.24, 2.45) is 0 Å². The second kappa shape index (κ2) is 9.36. The predicted molar refractivity (Wildman–Crippen MR) is 111 cm³/mol. The van der Waals surface area contributed by atoms with Crippen LogP contribution in [0.5, 0.6) is 0 Å². The highest BCUT2D eigenvalue weighted by Crippen LogP contribution is 2.29. The number of carbonyl (C=O) groups is 1. The second-order valence-corrected chi connectivity index (χ2v) is 7.90. The quantitative estimate of drug-likeness (QED) is 0.788. The summed E-state index contributed by atoms with van der Waals surface area (Å²) >= 11 is 5.54. The fourth-order valence-corrected chi connectivity index (χ4v) is 4.65. The van der Waals surface area contributed by atoms with Gasteiger partial charge >= 0.3 is 0 Å². The van der Waals surface area contributed by atoms with E-state index in [1.165, 1.54) is 32.1 Å². The van der Waals surface area contributed by atoms with Gasteiger partial charge in [-0.3, -0.25) is 4.79 Å². The number of para-hydroxylation sites is 1. The maximum atomic E-state index is 13.4. The lowest BCUT2D eigenvalue weighted by Gasteiger charge is -2.37. The van der Waals surface area contributed by atoms with E-state index in [2.05, 4.69) is 27.2 Å². The van der Waals surface area contributed by atoms with Gasteiger partial charge in [0.15, 0.2) is 5.11 Å². The number of nitrogens with zero attached hydrogens (tertiary/aromatic N) is 2. The van der Waals surface area contributed by atoms with E-state index in [9.17, 15) is 4.79 Å². The normalized spacial score (nSPS) is 18.5. The van der Waals surface area contributed by atoms with Crippen LogP contribution in [0.15, 0.2) is 30.3 Å². The van der Waals surface area contributed by atoms with Crippen molar-refractivity contribution in [3.63, 3.8) is 0 Å². The average Bonchev–Trinajstić information content (AvgIpc) is 3.22. The van der Waals surface area contributed by atoms with E-state index in [4.69, 9.17) is 12.2 Å². The molecule has 0 spiro atoms. The zero-order valence-electron chi connectivity index (χ0n) is 15.8. The van der Waals surface area contributed by atoms with Crippen LogP contribution >= 0.6 is 12.2 Å². The Bertz CT molecular complexity index is 595. The molecule has 5 heteroatoms. The van der Waals surface area contributed by atoms with Gasteiger partial charge in [0.1, 0.15) is 0 Å². The van der Waals surface area contributed by atoms with Crippen LogP contribution in [0, 0.1) is 0 Å². The molecule has 142 valence electrons. The molecule has 2 aliphatic rings. The molecule has 0 unspecified atom stereocenters. The summed E-state index contributed by atoms with van der Waals surface area (Å²) in [7, 11) is 1.85. The average molecular weight is 374 g/mol. The summed E-state index contributed by atoms with van der Waals surface area (Å²) < 4.78 is 0. The van der Waals surface area contributed by atoms with Gasteiger partial charge in [-0.25, -0.2) is 0 Å². The predicted octanol–water partition coefficient (Wildman–Crippen LogP) is 4.10. The number of hydrogen-bond donors (Lipinski definition) is 1. The summed E-state index contributed by atoms with van der Waals surface area (Å²) in [5, 5.41) is 3.79. The molecule has 1 aromatic carbocycles. The number of anilines is 1. The monoisotopic (exact) mass is 373 g/mol. The molecule has 2 fully saturated rings. The minimum Gasteiger partial charge on any atom is -0.366 e. The fraction of sp³-hybridized carbons (Fsp3) is 0.619. The number of benzene rings is 1. The van der Waals surface area contributed by atoms with Gasteiger partial charge in [0.2, 0.25) is 5.91 Å². The van der Waals surface area contributed by atoms with Crippen LogP contribution in [0.25, 0.3) is 0 Å². The van der Waals surface area contributed by atoms with Gasteiger partial charge in [0.25, 0.3) is 0 Å². The molecule has 1 aromatic rings. The number of amides is 1. The molecular weight excluding hydrogens is 342 g/mol. The Hall–Kier alpha value is -1.62. The van der Waals surface area contributed by atoms with Gasteiger partial charge in [-0.05, 0) is 50.0 Å². The smallest absolute Gasteiger partial charge is 0.246 e. The standard InChI is InChI=1S/C21H31N3OS/c1-22-21(26)23(17-10-8-9-11-17)16-20(25)24(18-12-4-2-5-13-18)19-14-6-3-7-15-19/h2,4-5,12-13,17,19H,3,6-11,14-16H2,1H3,(H,22,26). The Morgan fingerprint density at radius 1 is 1.00 bits per heavy atom. The van der Waals surface area contributed by atoms with E-state index >= 15 is 0 Å². The van der Waals surface area contributed by atoms with Crippen molar-refractivity contribution < 1.29 is 4.79 Å². The molecule has 0 radical (unpaired) electrons. The number of carbonyl (C=O) groups excluding carboxylic acids is 1. The van der Waals surface area contributed by atoms with Crippen molar-refractivity contribution in [3.05, 3.63) is 30.3 Å². The van der Waals surface area contributed by atoms with Crippen molar-refractivity contribution in [2.45, 2.75) is 69.9 Å². The van der Waals surface area contributed by atoms with Crippen LogP contribution in [0.2, 0.25) is 0 Å². The fourth-order valence-electron chi connectivity index (χ4n) is 4.43. The van der Waals surface area contributed by atoms with Crippen LogP contribution in [-0.4, -0.2) is 41.6 Å². The van der Waals surface area contributed by atoms with Gasteiger partial charge in [-0.2, -0.15) is 0 Å². The van der Waals surface area contributed by atoms with Crippen molar-refractivity contribution in [1.29, 1.82) is 0 Å². The first-order valence-corrected chi connectivity index (χ1v) is 10.5. The Morgan fingerprint density at radius 2 is 1.58 bits per heavy atom. The molecule has 0 aliphatic heterocycles. The maximum absolute atomic E-state index is 13.4. The van der Waals surface area contributed by atoms with Crippen LogP contribution in [0.3, 0.4) is 0 Å². The molecule has 3 rings (SSSR count). The largest absolute Gasteiger partial charge is 0.366 e. The molecule has 1 amide bonds. The van der Waals surface area contributed by atoms with E-state index in [1.807, 2.05) is 25.2 Å². The van der Waals surface area contributed by atoms with Crippen molar-refractivity contribution >= 4 is 28.9 Å². The molecule has 26 heavy (non-hydrogen) atoms. The zero-order chi connectivity index (χ0) is 18.4. The first kappa shape index (κ1) is 19.2. The number of hydrogen-bond acceptors (Lipinski definition) is 2. The van der Waals surface area contributed by atoms with Crippen molar-refractivity contribution in [1.82, 2.24) is 10.2 Å². The molecule has 0 bridgehead atoms. The molecular formula is C21H31N3OS. The molecule has 0 aromatic heterocycles. The summed E-state index contributed by atoms with van der Waals surface area (Å²) in [4.78, 5) is 17.6. The topological polar surface area (TPSA) is 35.6 Å². The van der Waals surface area contributed by atoms with Gasteiger partial charge < -0.3 is 15.1 Å². The third-order valence-electron chi connectivity index (χ3n) is 5.79. The molecule has 2 aliphatic carbocycles. The lowest BCUT2D eigenvalue weighted by molar-refractivity contribution is -0.120. The van der Waals surface area contributed by atoms with E-state index < -0.39 is 0 Å². The third kappa shape index (κ3) is 4.56. The Morgan fingerprint density at radius 3 is 2.19 bits per heavy atom. The SMILES string of the molecule is CNC(=S)N(CC(=O)N(c1ccccc1)C1CCCCC1)C1CCCC1. The summed E-state index contributed by atoms with van der Waals surface area (Å²) in [5.41, 5.74) is 1.02. The summed E-state index contributed by atoms with van der Waals surface area (Å²) in [5.74, 6) is 0.174. The highest BCUT2D eigenvalue weighted by molar-refractivity contribution is 7.80. The van der Waals surface area contributed by atoms with E-state index in [-0.39, 0.29) is 5.91 Å². The second-order valence-electron chi connectivity index (χ2n) is 7.51. The molecule has 0 saturated heterocycles. The lowest BCUT2D eigenvalue weighted by atomic mass is 9.93. The first-order valence-electron chi connectivity index (χ1n) is 10.1. The van der Waals surface area contributed by atoms with E-state index in [0.29, 0.717) is 23.7 Å². The van der Waals surface area contributed by atoms with E-state index in [1.54, 1.807) is 0 Å². The minimum absolute atomic E-state index is 0.174. The van der Waals surface area contributed by atoms with E-state index in [0.717, 1.165) is 31.4 Å². The Kier molecular flexibility index (Phi) is 6.89. The Balaban J connectivity index is 1.80.